The molecule has 0 bridgehead atoms. The Morgan fingerprint density at radius 1 is 1.19 bits per heavy atom. The molecule has 0 aromatic heterocycles. The van der Waals surface area contributed by atoms with Crippen LogP contribution in [0.5, 0.6) is 0 Å². The molecule has 116 valence electrons. The minimum absolute atomic E-state index is 0.129. The van der Waals surface area contributed by atoms with E-state index in [9.17, 15) is 4.79 Å². The van der Waals surface area contributed by atoms with Crippen molar-refractivity contribution in [3.63, 3.8) is 0 Å². The van der Waals surface area contributed by atoms with E-state index < -0.39 is 5.41 Å². The fraction of sp³-hybridized carbons (Fsp3) is 0.562. The topological polar surface area (TPSA) is 38.8 Å². The summed E-state index contributed by atoms with van der Waals surface area (Å²) in [6.07, 6.45) is 1.71. The average molecular weight is 312 g/mol. The molecule has 1 fully saturated rings. The first-order chi connectivity index (χ1) is 10.2. The molecule has 1 aliphatic rings. The van der Waals surface area contributed by atoms with Gasteiger partial charge in [-0.15, -0.1) is 0 Å². The maximum Gasteiger partial charge on any atom is 0.233 e. The van der Waals surface area contributed by atoms with Crippen molar-refractivity contribution in [3.8, 4) is 0 Å². The van der Waals surface area contributed by atoms with Gasteiger partial charge in [0.1, 0.15) is 0 Å². The molecule has 0 N–H and O–H groups in total. The zero-order chi connectivity index (χ0) is 15.3. The highest BCUT2D eigenvalue weighted by atomic mass is 35.5. The summed E-state index contributed by atoms with van der Waals surface area (Å²) in [5, 5.41) is 0.668. The number of rotatable bonds is 8. The van der Waals surface area contributed by atoms with Gasteiger partial charge >= 0.3 is 0 Å². The summed E-state index contributed by atoms with van der Waals surface area (Å²) in [6, 6.07) is 7.63. The lowest BCUT2D eigenvalue weighted by Crippen LogP contribution is -2.43. The van der Waals surface area contributed by atoms with Gasteiger partial charge in [-0.25, -0.2) is 0 Å². The summed E-state index contributed by atoms with van der Waals surface area (Å²) in [6.45, 7) is 2.19. The number of ether oxygens (including phenoxy) is 2. The second-order valence-corrected chi connectivity index (χ2v) is 5.75. The standard InChI is InChI=1S/C16H22ClNO3/c1-20-11-9-18(10-12-21-2)15(19)16(7-8-16)13-5-3-4-6-14(13)17/h3-6H,7-12H2,1-2H3. The summed E-state index contributed by atoms with van der Waals surface area (Å²) in [7, 11) is 3.28. The number of methoxy groups -OCH3 is 2. The predicted octanol–water partition coefficient (Wildman–Crippen LogP) is 2.49. The third kappa shape index (κ3) is 3.57. The third-order valence-corrected chi connectivity index (χ3v) is 4.30. The summed E-state index contributed by atoms with van der Waals surface area (Å²) >= 11 is 6.29. The molecule has 4 nitrogen and oxygen atoms in total. The minimum atomic E-state index is -0.445. The number of benzene rings is 1. The van der Waals surface area contributed by atoms with Crippen molar-refractivity contribution in [1.82, 2.24) is 4.90 Å². The number of halogens is 1. The number of hydrogen-bond acceptors (Lipinski definition) is 3. The first-order valence-electron chi connectivity index (χ1n) is 7.18. The Morgan fingerprint density at radius 2 is 1.76 bits per heavy atom. The van der Waals surface area contributed by atoms with Crippen LogP contribution in [0.4, 0.5) is 0 Å². The molecule has 0 radical (unpaired) electrons. The Balaban J connectivity index is 2.17. The number of carbonyl (C=O) groups is 1. The molecule has 0 unspecified atom stereocenters. The number of nitrogens with zero attached hydrogens (tertiary/aromatic N) is 1. The summed E-state index contributed by atoms with van der Waals surface area (Å²) in [5.74, 6) is 0.129. The van der Waals surface area contributed by atoms with E-state index in [-0.39, 0.29) is 5.91 Å². The molecule has 2 rings (SSSR count). The smallest absolute Gasteiger partial charge is 0.233 e. The van der Waals surface area contributed by atoms with Gasteiger partial charge in [-0.2, -0.15) is 0 Å². The number of carbonyl (C=O) groups excluding carboxylic acids is 1. The van der Waals surface area contributed by atoms with Gasteiger partial charge in [0, 0.05) is 32.3 Å². The highest BCUT2D eigenvalue weighted by Crippen LogP contribution is 2.51. The molecule has 1 amide bonds. The van der Waals surface area contributed by atoms with Crippen molar-refractivity contribution in [3.05, 3.63) is 34.9 Å². The van der Waals surface area contributed by atoms with Crippen LogP contribution < -0.4 is 0 Å². The highest BCUT2D eigenvalue weighted by Gasteiger charge is 2.53. The molecule has 1 aromatic rings. The first-order valence-corrected chi connectivity index (χ1v) is 7.56. The Bertz CT molecular complexity index is 480. The van der Waals surface area contributed by atoms with Gasteiger partial charge < -0.3 is 14.4 Å². The van der Waals surface area contributed by atoms with E-state index in [1.807, 2.05) is 29.2 Å². The lowest BCUT2D eigenvalue weighted by Gasteiger charge is -2.27. The van der Waals surface area contributed by atoms with Crippen LogP contribution in [-0.4, -0.2) is 51.3 Å². The van der Waals surface area contributed by atoms with Gasteiger partial charge in [0.15, 0.2) is 0 Å². The van der Waals surface area contributed by atoms with Crippen molar-refractivity contribution in [2.24, 2.45) is 0 Å². The van der Waals surface area contributed by atoms with Crippen LogP contribution in [0, 0.1) is 0 Å². The lowest BCUT2D eigenvalue weighted by molar-refractivity contribution is -0.135. The maximum absolute atomic E-state index is 12.9. The zero-order valence-corrected chi connectivity index (χ0v) is 13.4. The van der Waals surface area contributed by atoms with Gasteiger partial charge in [-0.05, 0) is 24.5 Å². The van der Waals surface area contributed by atoms with Gasteiger partial charge in [-0.1, -0.05) is 29.8 Å². The van der Waals surface area contributed by atoms with Crippen LogP contribution >= 0.6 is 11.6 Å². The summed E-state index contributed by atoms with van der Waals surface area (Å²) in [5.41, 5.74) is 0.497. The molecule has 1 saturated carbocycles. The van der Waals surface area contributed by atoms with E-state index in [2.05, 4.69) is 0 Å². The van der Waals surface area contributed by atoms with E-state index in [1.165, 1.54) is 0 Å². The van der Waals surface area contributed by atoms with Gasteiger partial charge in [0.25, 0.3) is 0 Å². The Morgan fingerprint density at radius 3 is 2.24 bits per heavy atom. The second kappa shape index (κ2) is 7.25. The normalized spacial score (nSPS) is 15.8. The summed E-state index contributed by atoms with van der Waals surface area (Å²) in [4.78, 5) is 14.8. The van der Waals surface area contributed by atoms with Crippen LogP contribution in [0.2, 0.25) is 5.02 Å². The van der Waals surface area contributed by atoms with Crippen molar-refractivity contribution in [2.75, 3.05) is 40.5 Å². The highest BCUT2D eigenvalue weighted by molar-refractivity contribution is 6.31. The van der Waals surface area contributed by atoms with E-state index >= 15 is 0 Å². The molecular formula is C16H22ClNO3. The number of hydrogen-bond donors (Lipinski definition) is 0. The predicted molar refractivity (Wildman–Crippen MR) is 82.7 cm³/mol. The monoisotopic (exact) mass is 311 g/mol. The first kappa shape index (κ1) is 16.3. The molecule has 0 spiro atoms. The van der Waals surface area contributed by atoms with Crippen molar-refractivity contribution in [1.29, 1.82) is 0 Å². The Hall–Kier alpha value is -1.10. The van der Waals surface area contributed by atoms with Crippen molar-refractivity contribution < 1.29 is 14.3 Å². The molecule has 0 aliphatic heterocycles. The van der Waals surface area contributed by atoms with Crippen LogP contribution in [0.3, 0.4) is 0 Å². The zero-order valence-electron chi connectivity index (χ0n) is 12.6. The minimum Gasteiger partial charge on any atom is -0.383 e. The molecule has 0 atom stereocenters. The van der Waals surface area contributed by atoms with Gasteiger partial charge in [0.05, 0.1) is 18.6 Å². The second-order valence-electron chi connectivity index (χ2n) is 5.34. The SMILES string of the molecule is COCCN(CCOC)C(=O)C1(c2ccccc2Cl)CC1. The van der Waals surface area contributed by atoms with E-state index in [1.54, 1.807) is 14.2 Å². The van der Waals surface area contributed by atoms with E-state index in [0.717, 1.165) is 18.4 Å². The Kier molecular flexibility index (Phi) is 5.62. The van der Waals surface area contributed by atoms with Crippen LogP contribution in [0.25, 0.3) is 0 Å². The van der Waals surface area contributed by atoms with E-state index in [0.29, 0.717) is 31.3 Å². The fourth-order valence-electron chi connectivity index (χ4n) is 2.59. The summed E-state index contributed by atoms with van der Waals surface area (Å²) < 4.78 is 10.2. The molecule has 0 saturated heterocycles. The van der Waals surface area contributed by atoms with Gasteiger partial charge in [0.2, 0.25) is 5.91 Å². The number of amides is 1. The maximum atomic E-state index is 12.9. The fourth-order valence-corrected chi connectivity index (χ4v) is 2.91. The van der Waals surface area contributed by atoms with Crippen LogP contribution in [0.15, 0.2) is 24.3 Å². The molecular weight excluding hydrogens is 290 g/mol. The molecule has 1 aliphatic carbocycles. The molecule has 21 heavy (non-hydrogen) atoms. The van der Waals surface area contributed by atoms with Crippen LogP contribution in [-0.2, 0) is 19.7 Å². The van der Waals surface area contributed by atoms with Gasteiger partial charge in [-0.3, -0.25) is 4.79 Å². The van der Waals surface area contributed by atoms with Crippen molar-refractivity contribution >= 4 is 17.5 Å². The largest absolute Gasteiger partial charge is 0.383 e. The van der Waals surface area contributed by atoms with Crippen LogP contribution in [0.1, 0.15) is 18.4 Å². The lowest BCUT2D eigenvalue weighted by atomic mass is 9.94. The molecule has 0 heterocycles. The quantitative estimate of drug-likeness (QED) is 0.740. The van der Waals surface area contributed by atoms with E-state index in [4.69, 9.17) is 21.1 Å². The van der Waals surface area contributed by atoms with Crippen molar-refractivity contribution in [2.45, 2.75) is 18.3 Å². The molecule has 5 heteroatoms. The third-order valence-electron chi connectivity index (χ3n) is 3.97. The average Bonchev–Trinajstić information content (AvgIpc) is 3.29. The molecule has 1 aromatic carbocycles. The Labute approximate surface area is 131 Å².